The van der Waals surface area contributed by atoms with Crippen molar-refractivity contribution in [2.24, 2.45) is 0 Å². The molecular weight excluding hydrogens is 359 g/mol. The van der Waals surface area contributed by atoms with Gasteiger partial charge in [-0.3, -0.25) is 9.59 Å². The van der Waals surface area contributed by atoms with Crippen LogP contribution in [0.25, 0.3) is 0 Å². The highest BCUT2D eigenvalue weighted by Gasteiger charge is 2.30. The molecule has 0 unspecified atom stereocenters. The quantitative estimate of drug-likeness (QED) is 0.696. The largest absolute Gasteiger partial charge is 0.416 e. The first-order chi connectivity index (χ1) is 12.7. The third-order valence-electron chi connectivity index (χ3n) is 3.76. The van der Waals surface area contributed by atoms with Crippen LogP contribution in [0.3, 0.4) is 0 Å². The minimum atomic E-state index is -4.47. The van der Waals surface area contributed by atoms with Gasteiger partial charge in [-0.2, -0.15) is 13.2 Å². The number of benzene rings is 2. The number of alkyl halides is 3. The van der Waals surface area contributed by atoms with E-state index in [9.17, 15) is 22.8 Å². The molecule has 3 N–H and O–H groups in total. The van der Waals surface area contributed by atoms with Gasteiger partial charge in [-0.1, -0.05) is 19.1 Å². The first-order valence-corrected chi connectivity index (χ1v) is 8.30. The first kappa shape index (κ1) is 20.3. The Morgan fingerprint density at radius 3 is 2.37 bits per heavy atom. The third-order valence-corrected chi connectivity index (χ3v) is 3.76. The molecule has 0 aliphatic carbocycles. The molecule has 0 saturated heterocycles. The number of hydrogen-bond acceptors (Lipinski definition) is 3. The Kier molecular flexibility index (Phi) is 6.44. The summed E-state index contributed by atoms with van der Waals surface area (Å²) in [4.78, 5) is 23.5. The van der Waals surface area contributed by atoms with Crippen LogP contribution in [0.4, 0.5) is 30.2 Å². The van der Waals surface area contributed by atoms with Gasteiger partial charge in [0, 0.05) is 23.5 Å². The highest BCUT2D eigenvalue weighted by molar-refractivity contribution is 5.94. The molecular formula is C19H20F3N3O2. The summed E-state index contributed by atoms with van der Waals surface area (Å²) in [6, 6.07) is 9.66. The van der Waals surface area contributed by atoms with E-state index >= 15 is 0 Å². The molecule has 0 atom stereocenters. The number of anilines is 3. The van der Waals surface area contributed by atoms with Crippen LogP contribution in [0, 0.1) is 6.92 Å². The zero-order valence-electron chi connectivity index (χ0n) is 14.9. The standard InChI is InChI=1S/C19H20F3N3O2/c1-3-17(26)25-16-10-14(8-7-12(16)2)23-11-18(27)24-15-6-4-5-13(9-15)19(20,21)22/h4-10,23H,3,11H2,1-2H3,(H,24,27)(H,25,26). The molecule has 2 rings (SSSR count). The lowest BCUT2D eigenvalue weighted by Gasteiger charge is -2.13. The average molecular weight is 379 g/mol. The lowest BCUT2D eigenvalue weighted by atomic mass is 10.1. The number of halogens is 3. The smallest absolute Gasteiger partial charge is 0.376 e. The average Bonchev–Trinajstić information content (AvgIpc) is 2.61. The van der Waals surface area contributed by atoms with E-state index in [2.05, 4.69) is 16.0 Å². The highest BCUT2D eigenvalue weighted by Crippen LogP contribution is 2.30. The van der Waals surface area contributed by atoms with Crippen LogP contribution >= 0.6 is 0 Å². The normalized spacial score (nSPS) is 11.0. The Balaban J connectivity index is 1.98. The lowest BCUT2D eigenvalue weighted by molar-refractivity contribution is -0.137. The Morgan fingerprint density at radius 1 is 0.963 bits per heavy atom. The molecule has 2 aromatic carbocycles. The third kappa shape index (κ3) is 6.02. The SMILES string of the molecule is CCC(=O)Nc1cc(NCC(=O)Nc2cccc(C(F)(F)F)c2)ccc1C. The molecule has 0 aromatic heterocycles. The van der Waals surface area contributed by atoms with Crippen molar-refractivity contribution in [2.75, 3.05) is 22.5 Å². The van der Waals surface area contributed by atoms with Crippen molar-refractivity contribution in [3.8, 4) is 0 Å². The minimum Gasteiger partial charge on any atom is -0.376 e. The van der Waals surface area contributed by atoms with Gasteiger partial charge < -0.3 is 16.0 Å². The maximum Gasteiger partial charge on any atom is 0.416 e. The summed E-state index contributed by atoms with van der Waals surface area (Å²) in [5.74, 6) is -0.619. The van der Waals surface area contributed by atoms with E-state index in [0.717, 1.165) is 17.7 Å². The highest BCUT2D eigenvalue weighted by atomic mass is 19.4. The number of carbonyl (C=O) groups is 2. The fraction of sp³-hybridized carbons (Fsp3) is 0.263. The molecule has 0 aliphatic heterocycles. The molecule has 0 spiro atoms. The zero-order valence-corrected chi connectivity index (χ0v) is 14.9. The van der Waals surface area contributed by atoms with Crippen LogP contribution in [0.15, 0.2) is 42.5 Å². The summed E-state index contributed by atoms with van der Waals surface area (Å²) in [7, 11) is 0. The van der Waals surface area contributed by atoms with Gasteiger partial charge in [-0.15, -0.1) is 0 Å². The second-order valence-electron chi connectivity index (χ2n) is 5.91. The molecule has 0 fully saturated rings. The maximum atomic E-state index is 12.7. The molecule has 0 heterocycles. The van der Waals surface area contributed by atoms with Gasteiger partial charge in [0.2, 0.25) is 11.8 Å². The van der Waals surface area contributed by atoms with Crippen LogP contribution in [-0.2, 0) is 15.8 Å². The topological polar surface area (TPSA) is 70.2 Å². The van der Waals surface area contributed by atoms with Crippen molar-refractivity contribution < 1.29 is 22.8 Å². The van der Waals surface area contributed by atoms with Crippen LogP contribution in [0.2, 0.25) is 0 Å². The fourth-order valence-corrected chi connectivity index (χ4v) is 2.27. The van der Waals surface area contributed by atoms with Gasteiger partial charge in [-0.25, -0.2) is 0 Å². The van der Waals surface area contributed by atoms with Crippen molar-refractivity contribution in [3.63, 3.8) is 0 Å². The Hall–Kier alpha value is -3.03. The summed E-state index contributed by atoms with van der Waals surface area (Å²) < 4.78 is 38.1. The van der Waals surface area contributed by atoms with Crippen molar-refractivity contribution in [1.82, 2.24) is 0 Å². The van der Waals surface area contributed by atoms with Gasteiger partial charge in [-0.05, 0) is 42.8 Å². The minimum absolute atomic E-state index is 0.0661. The lowest BCUT2D eigenvalue weighted by Crippen LogP contribution is -2.22. The van der Waals surface area contributed by atoms with Gasteiger partial charge in [0.15, 0.2) is 0 Å². The van der Waals surface area contributed by atoms with E-state index in [1.165, 1.54) is 12.1 Å². The van der Waals surface area contributed by atoms with Crippen LogP contribution in [0.1, 0.15) is 24.5 Å². The zero-order chi connectivity index (χ0) is 20.0. The van der Waals surface area contributed by atoms with E-state index in [1.54, 1.807) is 25.1 Å². The summed E-state index contributed by atoms with van der Waals surface area (Å²) in [5.41, 5.74) is 1.34. The molecule has 0 radical (unpaired) electrons. The predicted molar refractivity (Wildman–Crippen MR) is 98.7 cm³/mol. The van der Waals surface area contributed by atoms with E-state index < -0.39 is 17.6 Å². The van der Waals surface area contributed by atoms with Gasteiger partial charge >= 0.3 is 6.18 Å². The van der Waals surface area contributed by atoms with E-state index in [-0.39, 0.29) is 18.1 Å². The molecule has 27 heavy (non-hydrogen) atoms. The predicted octanol–water partition coefficient (Wildman–Crippen LogP) is 4.41. The van der Waals surface area contributed by atoms with Gasteiger partial charge in [0.25, 0.3) is 0 Å². The van der Waals surface area contributed by atoms with Gasteiger partial charge in [0.05, 0.1) is 12.1 Å². The Bertz CT molecular complexity index is 835. The summed E-state index contributed by atoms with van der Waals surface area (Å²) in [6.45, 7) is 3.45. The molecule has 8 heteroatoms. The van der Waals surface area contributed by atoms with Crippen LogP contribution < -0.4 is 16.0 Å². The molecule has 0 saturated carbocycles. The fourth-order valence-electron chi connectivity index (χ4n) is 2.27. The van der Waals surface area contributed by atoms with E-state index in [1.807, 2.05) is 6.92 Å². The number of hydrogen-bond donors (Lipinski definition) is 3. The molecule has 0 bridgehead atoms. The van der Waals surface area contributed by atoms with Crippen molar-refractivity contribution in [3.05, 3.63) is 53.6 Å². The number of nitrogens with one attached hydrogen (secondary N) is 3. The maximum absolute atomic E-state index is 12.7. The number of rotatable bonds is 6. The first-order valence-electron chi connectivity index (χ1n) is 8.30. The summed E-state index contributed by atoms with van der Waals surface area (Å²) >= 11 is 0. The second-order valence-corrected chi connectivity index (χ2v) is 5.91. The molecule has 2 amide bonds. The summed E-state index contributed by atoms with van der Waals surface area (Å²) in [6.07, 6.45) is -4.13. The Morgan fingerprint density at radius 2 is 1.70 bits per heavy atom. The molecule has 2 aromatic rings. The monoisotopic (exact) mass is 379 g/mol. The van der Waals surface area contributed by atoms with Crippen molar-refractivity contribution >= 4 is 28.9 Å². The van der Waals surface area contributed by atoms with Crippen molar-refractivity contribution in [2.45, 2.75) is 26.4 Å². The summed E-state index contributed by atoms with van der Waals surface area (Å²) in [5, 5.41) is 8.07. The number of carbonyl (C=O) groups excluding carboxylic acids is 2. The second kappa shape index (κ2) is 8.57. The molecule has 144 valence electrons. The molecule has 5 nitrogen and oxygen atoms in total. The van der Waals surface area contributed by atoms with Crippen LogP contribution in [-0.4, -0.2) is 18.4 Å². The number of aryl methyl sites for hydroxylation is 1. The van der Waals surface area contributed by atoms with E-state index in [4.69, 9.17) is 0 Å². The Labute approximate surface area is 155 Å². The molecule has 0 aliphatic rings. The van der Waals surface area contributed by atoms with Crippen LogP contribution in [0.5, 0.6) is 0 Å². The number of amides is 2. The van der Waals surface area contributed by atoms with E-state index in [0.29, 0.717) is 17.8 Å². The van der Waals surface area contributed by atoms with Crippen molar-refractivity contribution in [1.29, 1.82) is 0 Å². The van der Waals surface area contributed by atoms with Gasteiger partial charge in [0.1, 0.15) is 0 Å².